The molecule has 0 spiro atoms. The molecule has 2 rings (SSSR count). The summed E-state index contributed by atoms with van der Waals surface area (Å²) in [5, 5.41) is 7.20. The Labute approximate surface area is 120 Å². The van der Waals surface area contributed by atoms with Gasteiger partial charge < -0.3 is 9.64 Å². The highest BCUT2D eigenvalue weighted by Gasteiger charge is 2.26. The summed E-state index contributed by atoms with van der Waals surface area (Å²) in [5.74, 6) is 0. The van der Waals surface area contributed by atoms with Crippen LogP contribution < -0.4 is 0 Å². The van der Waals surface area contributed by atoms with Gasteiger partial charge in [-0.3, -0.25) is 5.10 Å². The second kappa shape index (κ2) is 5.07. The van der Waals surface area contributed by atoms with Gasteiger partial charge in [-0.25, -0.2) is 4.79 Å². The highest BCUT2D eigenvalue weighted by atomic mass is 127. The predicted octanol–water partition coefficient (Wildman–Crippen LogP) is 2.70. The first-order valence-electron chi connectivity index (χ1n) is 6.06. The summed E-state index contributed by atoms with van der Waals surface area (Å²) in [7, 11) is 0. The zero-order valence-corrected chi connectivity index (χ0v) is 13.1. The van der Waals surface area contributed by atoms with E-state index in [1.165, 1.54) is 5.56 Å². The monoisotopic (exact) mass is 363 g/mol. The molecule has 0 bridgehead atoms. The van der Waals surface area contributed by atoms with Gasteiger partial charge in [0.05, 0.1) is 12.2 Å². The van der Waals surface area contributed by atoms with Gasteiger partial charge in [-0.05, 0) is 56.2 Å². The van der Waals surface area contributed by atoms with Crippen molar-refractivity contribution in [2.45, 2.75) is 45.8 Å². The van der Waals surface area contributed by atoms with Gasteiger partial charge >= 0.3 is 6.09 Å². The maximum Gasteiger partial charge on any atom is 0.410 e. The van der Waals surface area contributed by atoms with Crippen molar-refractivity contribution in [1.82, 2.24) is 15.1 Å². The molecule has 0 aromatic carbocycles. The number of rotatable bonds is 0. The van der Waals surface area contributed by atoms with Gasteiger partial charge in [-0.1, -0.05) is 0 Å². The number of hydrogen-bond donors (Lipinski definition) is 1. The first-order chi connectivity index (χ1) is 8.37. The number of H-pyrrole nitrogens is 1. The van der Waals surface area contributed by atoms with Crippen LogP contribution in [0, 0.1) is 3.70 Å². The smallest absolute Gasteiger partial charge is 0.410 e. The minimum Gasteiger partial charge on any atom is -0.444 e. The lowest BCUT2D eigenvalue weighted by molar-refractivity contribution is 0.0234. The van der Waals surface area contributed by atoms with Crippen LogP contribution in [0.1, 0.15) is 38.4 Å². The van der Waals surface area contributed by atoms with Crippen molar-refractivity contribution in [3.05, 3.63) is 15.0 Å². The number of aromatic nitrogens is 2. The molecule has 5 nitrogen and oxygen atoms in total. The molecule has 0 fully saturated rings. The van der Waals surface area contributed by atoms with E-state index in [1.807, 2.05) is 20.8 Å². The van der Waals surface area contributed by atoms with Crippen LogP contribution in [0.5, 0.6) is 0 Å². The van der Waals surface area contributed by atoms with E-state index in [0.29, 0.717) is 6.54 Å². The Morgan fingerprint density at radius 1 is 1.50 bits per heavy atom. The number of aromatic amines is 1. The molecule has 0 saturated heterocycles. The summed E-state index contributed by atoms with van der Waals surface area (Å²) in [6.07, 6.45) is 1.66. The summed E-state index contributed by atoms with van der Waals surface area (Å²) in [5.41, 5.74) is 1.82. The van der Waals surface area contributed by atoms with Crippen LogP contribution >= 0.6 is 22.6 Å². The second-order valence-electron chi connectivity index (χ2n) is 5.48. The Morgan fingerprint density at radius 3 is 2.89 bits per heavy atom. The lowest BCUT2D eigenvalue weighted by atomic mass is 10.2. The summed E-state index contributed by atoms with van der Waals surface area (Å²) >= 11 is 2.23. The quantitative estimate of drug-likeness (QED) is 0.721. The standard InChI is InChI=1S/C12H18IN3O2/c1-12(2,3)18-11(17)16-6-4-5-8-9(7-16)14-15-10(8)13/h4-7H2,1-3H3,(H,14,15). The SMILES string of the molecule is CC(C)(C)OC(=O)N1CCCc2c(I)n[nH]c2C1. The van der Waals surface area contributed by atoms with Gasteiger partial charge in [0.1, 0.15) is 9.30 Å². The van der Waals surface area contributed by atoms with E-state index in [4.69, 9.17) is 4.74 Å². The van der Waals surface area contributed by atoms with Gasteiger partial charge in [-0.2, -0.15) is 5.10 Å². The lowest BCUT2D eigenvalue weighted by Crippen LogP contribution is -2.36. The van der Waals surface area contributed by atoms with Crippen LogP contribution in [-0.4, -0.2) is 33.3 Å². The molecule has 2 heterocycles. The van der Waals surface area contributed by atoms with Crippen LogP contribution in [0.2, 0.25) is 0 Å². The molecule has 0 saturated carbocycles. The molecule has 0 aliphatic carbocycles. The van der Waals surface area contributed by atoms with Crippen LogP contribution in [0.15, 0.2) is 0 Å². The highest BCUT2D eigenvalue weighted by molar-refractivity contribution is 14.1. The normalized spacial score (nSPS) is 16.1. The molecule has 1 aromatic heterocycles. The third-order valence-corrected chi connectivity index (χ3v) is 3.65. The molecule has 0 radical (unpaired) electrons. The number of fused-ring (bicyclic) bond motifs is 1. The first kappa shape index (κ1) is 13.6. The summed E-state index contributed by atoms with van der Waals surface area (Å²) in [6.45, 7) is 6.93. The molecule has 18 heavy (non-hydrogen) atoms. The van der Waals surface area contributed by atoms with Crippen LogP contribution in [0.3, 0.4) is 0 Å². The summed E-state index contributed by atoms with van der Waals surface area (Å²) < 4.78 is 6.41. The maximum absolute atomic E-state index is 12.1. The predicted molar refractivity (Wildman–Crippen MR) is 76.3 cm³/mol. The Kier molecular flexibility index (Phi) is 3.84. The molecule has 0 unspecified atom stereocenters. The van der Waals surface area contributed by atoms with E-state index in [-0.39, 0.29) is 6.09 Å². The third-order valence-electron chi connectivity index (χ3n) is 2.76. The van der Waals surface area contributed by atoms with Crippen LogP contribution in [0.4, 0.5) is 4.79 Å². The Morgan fingerprint density at radius 2 is 2.22 bits per heavy atom. The summed E-state index contributed by atoms with van der Waals surface area (Å²) in [6, 6.07) is 0. The molecule has 1 aliphatic heterocycles. The zero-order chi connectivity index (χ0) is 13.3. The Hall–Kier alpha value is -0.790. The number of halogens is 1. The first-order valence-corrected chi connectivity index (χ1v) is 7.14. The fourth-order valence-corrected chi connectivity index (χ4v) is 2.68. The molecular weight excluding hydrogens is 345 g/mol. The van der Waals surface area contributed by atoms with E-state index >= 15 is 0 Å². The number of nitrogens with zero attached hydrogens (tertiary/aromatic N) is 2. The number of carbonyl (C=O) groups is 1. The molecule has 6 heteroatoms. The van der Waals surface area contributed by atoms with Gasteiger partial charge in [0.25, 0.3) is 0 Å². The molecule has 1 aromatic rings. The molecule has 1 aliphatic rings. The fraction of sp³-hybridized carbons (Fsp3) is 0.667. The molecule has 1 N–H and O–H groups in total. The Bertz CT molecular complexity index is 451. The number of amides is 1. The topological polar surface area (TPSA) is 58.2 Å². The fourth-order valence-electron chi connectivity index (χ4n) is 1.96. The van der Waals surface area contributed by atoms with Gasteiger partial charge in [0, 0.05) is 12.1 Å². The van der Waals surface area contributed by atoms with Crippen molar-refractivity contribution >= 4 is 28.7 Å². The minimum atomic E-state index is -0.450. The van der Waals surface area contributed by atoms with Crippen molar-refractivity contribution in [3.63, 3.8) is 0 Å². The minimum absolute atomic E-state index is 0.250. The van der Waals surface area contributed by atoms with Crippen molar-refractivity contribution in [3.8, 4) is 0 Å². The zero-order valence-electron chi connectivity index (χ0n) is 10.9. The number of ether oxygens (including phenoxy) is 1. The maximum atomic E-state index is 12.1. The van der Waals surface area contributed by atoms with E-state index in [9.17, 15) is 4.79 Å². The average molecular weight is 363 g/mol. The van der Waals surface area contributed by atoms with Gasteiger partial charge in [0.2, 0.25) is 0 Å². The lowest BCUT2D eigenvalue weighted by Gasteiger charge is -2.26. The van der Waals surface area contributed by atoms with E-state index in [1.54, 1.807) is 4.90 Å². The molecular formula is C12H18IN3O2. The van der Waals surface area contributed by atoms with Crippen LogP contribution in [0.25, 0.3) is 0 Å². The van der Waals surface area contributed by atoms with Crippen molar-refractivity contribution < 1.29 is 9.53 Å². The Balaban J connectivity index is 2.10. The third kappa shape index (κ3) is 3.15. The largest absolute Gasteiger partial charge is 0.444 e. The molecule has 100 valence electrons. The second-order valence-corrected chi connectivity index (χ2v) is 6.50. The van der Waals surface area contributed by atoms with Gasteiger partial charge in [-0.15, -0.1) is 0 Å². The van der Waals surface area contributed by atoms with Crippen LogP contribution in [-0.2, 0) is 17.7 Å². The van der Waals surface area contributed by atoms with Gasteiger partial charge in [0.15, 0.2) is 0 Å². The average Bonchev–Trinajstić information content (AvgIpc) is 2.49. The number of carbonyl (C=O) groups excluding carboxylic acids is 1. The van der Waals surface area contributed by atoms with Crippen molar-refractivity contribution in [2.24, 2.45) is 0 Å². The molecule has 1 amide bonds. The van der Waals surface area contributed by atoms with E-state index in [2.05, 4.69) is 32.8 Å². The number of nitrogens with one attached hydrogen (secondary N) is 1. The number of hydrogen-bond acceptors (Lipinski definition) is 3. The van der Waals surface area contributed by atoms with E-state index in [0.717, 1.165) is 28.8 Å². The molecule has 0 atom stereocenters. The van der Waals surface area contributed by atoms with Crippen molar-refractivity contribution in [2.75, 3.05) is 6.54 Å². The highest BCUT2D eigenvalue weighted by Crippen LogP contribution is 2.22. The van der Waals surface area contributed by atoms with E-state index < -0.39 is 5.60 Å². The van der Waals surface area contributed by atoms with Crippen molar-refractivity contribution in [1.29, 1.82) is 0 Å². The summed E-state index contributed by atoms with van der Waals surface area (Å²) in [4.78, 5) is 13.8.